The quantitative estimate of drug-likeness (QED) is 0.458. The third kappa shape index (κ3) is 3.67. The van der Waals surface area contributed by atoms with Crippen LogP contribution in [-0.4, -0.2) is 19.1 Å². The number of nitro groups is 1. The summed E-state index contributed by atoms with van der Waals surface area (Å²) in [5, 5.41) is 11.0. The molecule has 0 amide bonds. The van der Waals surface area contributed by atoms with Crippen LogP contribution in [0.1, 0.15) is 16.7 Å². The number of aryl methyl sites for hydroxylation is 2. The molecule has 0 aliphatic carbocycles. The summed E-state index contributed by atoms with van der Waals surface area (Å²) in [6.45, 7) is 4.12. The first kappa shape index (κ1) is 16.9. The normalized spacial score (nSPS) is 10.6. The van der Waals surface area contributed by atoms with Gasteiger partial charge < -0.3 is 4.74 Å². The van der Waals surface area contributed by atoms with Crippen LogP contribution in [0, 0.1) is 24.0 Å². The van der Waals surface area contributed by atoms with Gasteiger partial charge >= 0.3 is 0 Å². The van der Waals surface area contributed by atoms with Crippen molar-refractivity contribution in [1.82, 2.24) is 0 Å². The second kappa shape index (κ2) is 7.21. The minimum absolute atomic E-state index is 0.00579. The standard InChI is InChI=1S/C17H19NO5/c1-11-7-16(17(21-3)8-12(11)2)15-6-5-14(18(19)20)9-13(15)10-23-22-4/h5-9H,10H2,1-4H3. The Bertz CT molecular complexity index is 727. The maximum Gasteiger partial charge on any atom is 0.269 e. The Morgan fingerprint density at radius 1 is 1.04 bits per heavy atom. The second-order valence-electron chi connectivity index (χ2n) is 5.16. The van der Waals surface area contributed by atoms with Gasteiger partial charge in [0.15, 0.2) is 0 Å². The number of benzene rings is 2. The summed E-state index contributed by atoms with van der Waals surface area (Å²) >= 11 is 0. The molecule has 6 heteroatoms. The highest BCUT2D eigenvalue weighted by molar-refractivity contribution is 5.75. The number of nitro benzene ring substituents is 1. The Labute approximate surface area is 134 Å². The Kier molecular flexibility index (Phi) is 5.31. The molecule has 0 unspecified atom stereocenters. The molecule has 2 rings (SSSR count). The molecule has 0 saturated carbocycles. The minimum atomic E-state index is -0.433. The number of hydrogen-bond acceptors (Lipinski definition) is 5. The van der Waals surface area contributed by atoms with Gasteiger partial charge in [0.2, 0.25) is 0 Å². The molecule has 0 aliphatic rings. The molecule has 2 aromatic rings. The zero-order valence-corrected chi connectivity index (χ0v) is 13.6. The zero-order valence-electron chi connectivity index (χ0n) is 13.6. The highest BCUT2D eigenvalue weighted by Crippen LogP contribution is 2.36. The number of rotatable bonds is 6. The van der Waals surface area contributed by atoms with E-state index in [4.69, 9.17) is 9.62 Å². The first-order chi connectivity index (χ1) is 11.0. The summed E-state index contributed by atoms with van der Waals surface area (Å²) in [5.74, 6) is 0.709. The van der Waals surface area contributed by atoms with E-state index >= 15 is 0 Å². The minimum Gasteiger partial charge on any atom is -0.496 e. The van der Waals surface area contributed by atoms with E-state index in [2.05, 4.69) is 4.89 Å². The van der Waals surface area contributed by atoms with Crippen LogP contribution in [0.2, 0.25) is 0 Å². The smallest absolute Gasteiger partial charge is 0.269 e. The van der Waals surface area contributed by atoms with Crippen molar-refractivity contribution in [3.8, 4) is 16.9 Å². The van der Waals surface area contributed by atoms with Gasteiger partial charge in [0.05, 0.1) is 19.1 Å². The molecule has 0 atom stereocenters. The molecule has 2 aromatic carbocycles. The molecule has 6 nitrogen and oxygen atoms in total. The average Bonchev–Trinajstić information content (AvgIpc) is 2.54. The van der Waals surface area contributed by atoms with Crippen molar-refractivity contribution in [3.63, 3.8) is 0 Å². The Morgan fingerprint density at radius 3 is 2.35 bits per heavy atom. The van der Waals surface area contributed by atoms with Crippen molar-refractivity contribution < 1.29 is 19.4 Å². The first-order valence-electron chi connectivity index (χ1n) is 7.06. The topological polar surface area (TPSA) is 70.8 Å². The van der Waals surface area contributed by atoms with Gasteiger partial charge in [-0.2, -0.15) is 0 Å². The van der Waals surface area contributed by atoms with E-state index in [0.29, 0.717) is 11.3 Å². The number of non-ortho nitro benzene ring substituents is 1. The van der Waals surface area contributed by atoms with Crippen LogP contribution in [0.5, 0.6) is 5.75 Å². The Balaban J connectivity index is 2.62. The molecule has 0 bridgehead atoms. The molecule has 0 heterocycles. The van der Waals surface area contributed by atoms with Crippen molar-refractivity contribution in [3.05, 3.63) is 57.1 Å². The van der Waals surface area contributed by atoms with Crippen LogP contribution in [0.25, 0.3) is 11.1 Å². The van der Waals surface area contributed by atoms with E-state index in [1.54, 1.807) is 13.2 Å². The summed E-state index contributed by atoms with van der Waals surface area (Å²) in [6.07, 6.45) is 0. The van der Waals surface area contributed by atoms with Gasteiger partial charge in [-0.1, -0.05) is 0 Å². The number of hydrogen-bond donors (Lipinski definition) is 0. The van der Waals surface area contributed by atoms with Crippen LogP contribution in [0.15, 0.2) is 30.3 Å². The van der Waals surface area contributed by atoms with Crippen molar-refractivity contribution in [2.75, 3.05) is 14.2 Å². The maximum atomic E-state index is 11.0. The number of ether oxygens (including phenoxy) is 1. The molecule has 122 valence electrons. The van der Waals surface area contributed by atoms with Gasteiger partial charge in [-0.25, -0.2) is 9.78 Å². The lowest BCUT2D eigenvalue weighted by molar-refractivity contribution is -0.385. The van der Waals surface area contributed by atoms with Gasteiger partial charge in [-0.15, -0.1) is 0 Å². The monoisotopic (exact) mass is 317 g/mol. The predicted octanol–water partition coefficient (Wildman–Crippen LogP) is 3.97. The molecule has 0 N–H and O–H groups in total. The third-order valence-electron chi connectivity index (χ3n) is 3.74. The van der Waals surface area contributed by atoms with Gasteiger partial charge in [-0.3, -0.25) is 10.1 Å². The van der Waals surface area contributed by atoms with Crippen LogP contribution in [0.3, 0.4) is 0 Å². The number of methoxy groups -OCH3 is 1. The van der Waals surface area contributed by atoms with Crippen LogP contribution >= 0.6 is 0 Å². The summed E-state index contributed by atoms with van der Waals surface area (Å²) < 4.78 is 5.47. The zero-order chi connectivity index (χ0) is 17.0. The SMILES string of the molecule is COOCc1cc([N+](=O)[O-])ccc1-c1cc(C)c(C)cc1OC. The molecular weight excluding hydrogens is 298 g/mol. The van der Waals surface area contributed by atoms with Crippen molar-refractivity contribution in [1.29, 1.82) is 0 Å². The van der Waals surface area contributed by atoms with Gasteiger partial charge in [0.1, 0.15) is 12.4 Å². The lowest BCUT2D eigenvalue weighted by atomic mass is 9.95. The summed E-state index contributed by atoms with van der Waals surface area (Å²) in [4.78, 5) is 20.2. The molecule has 23 heavy (non-hydrogen) atoms. The van der Waals surface area contributed by atoms with Gasteiger partial charge in [0, 0.05) is 17.7 Å². The fraction of sp³-hybridized carbons (Fsp3) is 0.294. The van der Waals surface area contributed by atoms with Crippen molar-refractivity contribution in [2.24, 2.45) is 0 Å². The molecule has 0 aromatic heterocycles. The fourth-order valence-corrected chi connectivity index (χ4v) is 2.37. The van der Waals surface area contributed by atoms with E-state index < -0.39 is 4.92 Å². The predicted molar refractivity (Wildman–Crippen MR) is 86.4 cm³/mol. The van der Waals surface area contributed by atoms with E-state index in [9.17, 15) is 10.1 Å². The maximum absolute atomic E-state index is 11.0. The lowest BCUT2D eigenvalue weighted by Crippen LogP contribution is -1.99. The Morgan fingerprint density at radius 2 is 1.74 bits per heavy atom. The summed E-state index contributed by atoms with van der Waals surface area (Å²) in [5.41, 5.74) is 4.56. The summed E-state index contributed by atoms with van der Waals surface area (Å²) in [6, 6.07) is 8.63. The summed E-state index contributed by atoms with van der Waals surface area (Å²) in [7, 11) is 3.00. The highest BCUT2D eigenvalue weighted by atomic mass is 17.2. The van der Waals surface area contributed by atoms with Crippen molar-refractivity contribution >= 4 is 5.69 Å². The van der Waals surface area contributed by atoms with Crippen LogP contribution < -0.4 is 4.74 Å². The largest absolute Gasteiger partial charge is 0.496 e. The van der Waals surface area contributed by atoms with Crippen molar-refractivity contribution in [2.45, 2.75) is 20.5 Å². The second-order valence-corrected chi connectivity index (χ2v) is 5.16. The van der Waals surface area contributed by atoms with Gasteiger partial charge in [0.25, 0.3) is 5.69 Å². The van der Waals surface area contributed by atoms with E-state index in [1.807, 2.05) is 26.0 Å². The number of nitrogens with zero attached hydrogens (tertiary/aromatic N) is 1. The molecule has 0 spiro atoms. The molecule has 0 saturated heterocycles. The third-order valence-corrected chi connectivity index (χ3v) is 3.74. The van der Waals surface area contributed by atoms with E-state index in [-0.39, 0.29) is 12.3 Å². The molecule has 0 aliphatic heterocycles. The lowest BCUT2D eigenvalue weighted by Gasteiger charge is -2.15. The van der Waals surface area contributed by atoms with Crippen LogP contribution in [-0.2, 0) is 16.4 Å². The fourth-order valence-electron chi connectivity index (χ4n) is 2.37. The average molecular weight is 317 g/mol. The molecule has 0 radical (unpaired) electrons. The van der Waals surface area contributed by atoms with E-state index in [1.165, 1.54) is 19.2 Å². The van der Waals surface area contributed by atoms with Gasteiger partial charge in [-0.05, 0) is 54.3 Å². The van der Waals surface area contributed by atoms with E-state index in [0.717, 1.165) is 22.3 Å². The molecule has 0 fully saturated rings. The van der Waals surface area contributed by atoms with Crippen LogP contribution in [0.4, 0.5) is 5.69 Å². The highest BCUT2D eigenvalue weighted by Gasteiger charge is 2.16. The molecular formula is C17H19NO5. The first-order valence-corrected chi connectivity index (χ1v) is 7.06. The Hall–Kier alpha value is -2.44.